The van der Waals surface area contributed by atoms with Gasteiger partial charge in [-0.15, -0.1) is 0 Å². The number of halogens is 1. The van der Waals surface area contributed by atoms with Gasteiger partial charge in [0.05, 0.1) is 12.2 Å². The summed E-state index contributed by atoms with van der Waals surface area (Å²) < 4.78 is 0. The van der Waals surface area contributed by atoms with Crippen molar-refractivity contribution in [1.82, 2.24) is 4.98 Å². The molecule has 0 amide bonds. The molecular weight excluding hydrogens is 232 g/mol. The van der Waals surface area contributed by atoms with Crippen LogP contribution in [0.3, 0.4) is 0 Å². The van der Waals surface area contributed by atoms with Crippen molar-refractivity contribution in [2.75, 3.05) is 5.32 Å². The first kappa shape index (κ1) is 11.9. The molecule has 0 aliphatic rings. The molecule has 2 nitrogen and oxygen atoms in total. The summed E-state index contributed by atoms with van der Waals surface area (Å²) in [7, 11) is 0. The molecule has 1 N–H and O–H groups in total. The third kappa shape index (κ3) is 3.21. The van der Waals surface area contributed by atoms with Gasteiger partial charge in [-0.25, -0.2) is 0 Å². The van der Waals surface area contributed by atoms with E-state index in [1.165, 1.54) is 0 Å². The predicted molar refractivity (Wildman–Crippen MR) is 72.5 cm³/mol. The van der Waals surface area contributed by atoms with E-state index in [2.05, 4.69) is 10.3 Å². The average molecular weight is 247 g/mol. The van der Waals surface area contributed by atoms with Crippen LogP contribution >= 0.6 is 11.6 Å². The van der Waals surface area contributed by atoms with Crippen molar-refractivity contribution in [3.8, 4) is 0 Å². The van der Waals surface area contributed by atoms with Crippen molar-refractivity contribution in [2.45, 2.75) is 20.4 Å². The maximum absolute atomic E-state index is 5.91. The second kappa shape index (κ2) is 5.19. The maximum Gasteiger partial charge on any atom is 0.0597 e. The molecule has 17 heavy (non-hydrogen) atoms. The summed E-state index contributed by atoms with van der Waals surface area (Å²) in [6.07, 6.45) is 0. The van der Waals surface area contributed by atoms with Crippen LogP contribution < -0.4 is 5.32 Å². The van der Waals surface area contributed by atoms with E-state index in [-0.39, 0.29) is 0 Å². The van der Waals surface area contributed by atoms with Crippen LogP contribution in [0.25, 0.3) is 0 Å². The van der Waals surface area contributed by atoms with Gasteiger partial charge in [0.15, 0.2) is 0 Å². The zero-order valence-electron chi connectivity index (χ0n) is 10.00. The molecule has 1 aromatic heterocycles. The summed E-state index contributed by atoms with van der Waals surface area (Å²) in [5.74, 6) is 0. The van der Waals surface area contributed by atoms with E-state index in [0.717, 1.165) is 34.2 Å². The average Bonchev–Trinajstić information content (AvgIpc) is 2.28. The van der Waals surface area contributed by atoms with Crippen molar-refractivity contribution in [2.24, 2.45) is 0 Å². The lowest BCUT2D eigenvalue weighted by atomic mass is 10.2. The minimum atomic E-state index is 0.726. The Balaban J connectivity index is 2.07. The predicted octanol–water partition coefficient (Wildman–Crippen LogP) is 3.96. The van der Waals surface area contributed by atoms with E-state index < -0.39 is 0 Å². The smallest absolute Gasteiger partial charge is 0.0597 e. The SMILES string of the molecule is Cc1cccc(CNc2ccc(Cl)cc2C)n1. The van der Waals surface area contributed by atoms with Crippen LogP contribution in [0.15, 0.2) is 36.4 Å². The van der Waals surface area contributed by atoms with Crippen molar-refractivity contribution >= 4 is 17.3 Å². The fourth-order valence-electron chi connectivity index (χ4n) is 1.71. The lowest BCUT2D eigenvalue weighted by Gasteiger charge is -2.09. The minimum absolute atomic E-state index is 0.726. The molecule has 0 aliphatic heterocycles. The zero-order valence-corrected chi connectivity index (χ0v) is 10.8. The van der Waals surface area contributed by atoms with Crippen LogP contribution in [0, 0.1) is 13.8 Å². The van der Waals surface area contributed by atoms with E-state index in [1.807, 2.05) is 50.2 Å². The first-order valence-electron chi connectivity index (χ1n) is 5.58. The van der Waals surface area contributed by atoms with Crippen LogP contribution in [0.2, 0.25) is 5.02 Å². The number of hydrogen-bond donors (Lipinski definition) is 1. The van der Waals surface area contributed by atoms with Gasteiger partial charge in [-0.1, -0.05) is 17.7 Å². The van der Waals surface area contributed by atoms with Crippen molar-refractivity contribution in [3.63, 3.8) is 0 Å². The third-order valence-electron chi connectivity index (χ3n) is 2.59. The van der Waals surface area contributed by atoms with Gasteiger partial charge in [-0.05, 0) is 49.7 Å². The Morgan fingerprint density at radius 2 is 2.00 bits per heavy atom. The minimum Gasteiger partial charge on any atom is -0.379 e. The first-order chi connectivity index (χ1) is 8.15. The molecule has 0 aliphatic carbocycles. The van der Waals surface area contributed by atoms with Gasteiger partial charge in [0.2, 0.25) is 0 Å². The molecule has 0 fully saturated rings. The standard InChI is InChI=1S/C14H15ClN2/c1-10-8-12(15)6-7-14(10)16-9-13-5-3-4-11(2)17-13/h3-8,16H,9H2,1-2H3. The highest BCUT2D eigenvalue weighted by Gasteiger charge is 2.00. The quantitative estimate of drug-likeness (QED) is 0.887. The van der Waals surface area contributed by atoms with Gasteiger partial charge in [0, 0.05) is 16.4 Å². The Morgan fingerprint density at radius 3 is 2.71 bits per heavy atom. The summed E-state index contributed by atoms with van der Waals surface area (Å²) in [5, 5.41) is 4.13. The van der Waals surface area contributed by atoms with Crippen LogP contribution in [0.4, 0.5) is 5.69 Å². The number of nitrogens with one attached hydrogen (secondary N) is 1. The second-order valence-electron chi connectivity index (χ2n) is 4.08. The van der Waals surface area contributed by atoms with Gasteiger partial charge in [0.25, 0.3) is 0 Å². The lowest BCUT2D eigenvalue weighted by Crippen LogP contribution is -2.03. The number of aryl methyl sites for hydroxylation is 2. The molecule has 0 radical (unpaired) electrons. The van der Waals surface area contributed by atoms with Crippen LogP contribution in [-0.2, 0) is 6.54 Å². The molecule has 1 heterocycles. The molecule has 3 heteroatoms. The van der Waals surface area contributed by atoms with E-state index in [9.17, 15) is 0 Å². The second-order valence-corrected chi connectivity index (χ2v) is 4.52. The van der Waals surface area contributed by atoms with Crippen LogP contribution in [-0.4, -0.2) is 4.98 Å². The Bertz CT molecular complexity index is 523. The number of hydrogen-bond acceptors (Lipinski definition) is 2. The number of aromatic nitrogens is 1. The molecule has 0 bridgehead atoms. The summed E-state index contributed by atoms with van der Waals surface area (Å²) in [4.78, 5) is 4.45. The highest BCUT2D eigenvalue weighted by Crippen LogP contribution is 2.19. The fraction of sp³-hybridized carbons (Fsp3) is 0.214. The summed E-state index contributed by atoms with van der Waals surface area (Å²) >= 11 is 5.91. The van der Waals surface area contributed by atoms with Gasteiger partial charge in [-0.3, -0.25) is 4.98 Å². The molecule has 2 aromatic rings. The molecular formula is C14H15ClN2. The number of pyridine rings is 1. The Hall–Kier alpha value is -1.54. The molecule has 0 saturated carbocycles. The molecule has 0 unspecified atom stereocenters. The molecule has 2 rings (SSSR count). The van der Waals surface area contributed by atoms with E-state index in [0.29, 0.717) is 0 Å². The topological polar surface area (TPSA) is 24.9 Å². The number of nitrogens with zero attached hydrogens (tertiary/aromatic N) is 1. The van der Waals surface area contributed by atoms with Crippen LogP contribution in [0.1, 0.15) is 17.0 Å². The summed E-state index contributed by atoms with van der Waals surface area (Å²) in [6, 6.07) is 11.9. The number of benzene rings is 1. The van der Waals surface area contributed by atoms with Gasteiger partial charge in [0.1, 0.15) is 0 Å². The normalized spacial score (nSPS) is 10.3. The van der Waals surface area contributed by atoms with Crippen molar-refractivity contribution in [3.05, 3.63) is 58.4 Å². The van der Waals surface area contributed by atoms with Crippen molar-refractivity contribution < 1.29 is 0 Å². The Kier molecular flexibility index (Phi) is 3.64. The molecule has 0 spiro atoms. The van der Waals surface area contributed by atoms with Gasteiger partial charge in [-0.2, -0.15) is 0 Å². The maximum atomic E-state index is 5.91. The van der Waals surface area contributed by atoms with E-state index in [4.69, 9.17) is 11.6 Å². The Morgan fingerprint density at radius 1 is 1.18 bits per heavy atom. The lowest BCUT2D eigenvalue weighted by molar-refractivity contribution is 1.01. The highest BCUT2D eigenvalue weighted by atomic mass is 35.5. The van der Waals surface area contributed by atoms with Crippen LogP contribution in [0.5, 0.6) is 0 Å². The Labute approximate surface area is 107 Å². The largest absolute Gasteiger partial charge is 0.379 e. The van der Waals surface area contributed by atoms with Crippen molar-refractivity contribution in [1.29, 1.82) is 0 Å². The molecule has 0 atom stereocenters. The first-order valence-corrected chi connectivity index (χ1v) is 5.95. The van der Waals surface area contributed by atoms with E-state index >= 15 is 0 Å². The summed E-state index contributed by atoms with van der Waals surface area (Å²) in [5.41, 5.74) is 4.32. The summed E-state index contributed by atoms with van der Waals surface area (Å²) in [6.45, 7) is 4.76. The van der Waals surface area contributed by atoms with E-state index in [1.54, 1.807) is 0 Å². The zero-order chi connectivity index (χ0) is 12.3. The fourth-order valence-corrected chi connectivity index (χ4v) is 1.94. The number of rotatable bonds is 3. The third-order valence-corrected chi connectivity index (χ3v) is 2.83. The highest BCUT2D eigenvalue weighted by molar-refractivity contribution is 6.30. The van der Waals surface area contributed by atoms with Gasteiger partial charge < -0.3 is 5.32 Å². The molecule has 0 saturated heterocycles. The monoisotopic (exact) mass is 246 g/mol. The molecule has 88 valence electrons. The molecule has 1 aromatic carbocycles. The number of anilines is 1. The van der Waals surface area contributed by atoms with Gasteiger partial charge >= 0.3 is 0 Å².